The Balaban J connectivity index is 1.78. The molecule has 0 saturated heterocycles. The minimum Gasteiger partial charge on any atom is -0.468 e. The highest BCUT2D eigenvalue weighted by molar-refractivity contribution is 5.76. The maximum Gasteiger partial charge on any atom is 0.422 e. The van der Waals surface area contributed by atoms with Crippen molar-refractivity contribution in [2.24, 2.45) is 0 Å². The van der Waals surface area contributed by atoms with Gasteiger partial charge in [-0.15, -0.1) is 0 Å². The minimum atomic E-state index is -4.44. The molecule has 0 spiro atoms. The van der Waals surface area contributed by atoms with Gasteiger partial charge in [0.15, 0.2) is 6.61 Å². The number of aromatic nitrogens is 1. The van der Waals surface area contributed by atoms with E-state index in [0.29, 0.717) is 12.0 Å². The number of aryl methyl sites for hydroxylation is 1. The lowest BCUT2D eigenvalue weighted by Crippen LogP contribution is -2.23. The first kappa shape index (κ1) is 18.7. The molecule has 25 heavy (non-hydrogen) atoms. The van der Waals surface area contributed by atoms with Gasteiger partial charge in [0.1, 0.15) is 5.82 Å². The summed E-state index contributed by atoms with van der Waals surface area (Å²) >= 11 is 0. The third kappa shape index (κ3) is 7.19. The van der Waals surface area contributed by atoms with Crippen molar-refractivity contribution in [3.63, 3.8) is 0 Å². The Hall–Kier alpha value is -2.64. The van der Waals surface area contributed by atoms with Crippen molar-refractivity contribution in [3.05, 3.63) is 59.5 Å². The van der Waals surface area contributed by atoms with Crippen molar-refractivity contribution in [2.75, 3.05) is 6.61 Å². The second-order valence-electron chi connectivity index (χ2n) is 5.31. The highest BCUT2D eigenvalue weighted by atomic mass is 19.4. The van der Waals surface area contributed by atoms with Crippen LogP contribution in [0.4, 0.5) is 17.6 Å². The van der Waals surface area contributed by atoms with E-state index >= 15 is 0 Å². The van der Waals surface area contributed by atoms with Gasteiger partial charge in [-0.2, -0.15) is 13.2 Å². The summed E-state index contributed by atoms with van der Waals surface area (Å²) in [6, 6.07) is 8.78. The van der Waals surface area contributed by atoms with Crippen LogP contribution in [0.5, 0.6) is 5.88 Å². The van der Waals surface area contributed by atoms with Crippen molar-refractivity contribution in [3.8, 4) is 5.88 Å². The summed E-state index contributed by atoms with van der Waals surface area (Å²) in [6.45, 7) is -1.28. The van der Waals surface area contributed by atoms with Gasteiger partial charge in [0.25, 0.3) is 0 Å². The lowest BCUT2D eigenvalue weighted by atomic mass is 10.1. The predicted molar refractivity (Wildman–Crippen MR) is 82.4 cm³/mol. The molecule has 0 unspecified atom stereocenters. The van der Waals surface area contributed by atoms with E-state index in [-0.39, 0.29) is 30.6 Å². The fourth-order valence-electron chi connectivity index (χ4n) is 1.99. The molecule has 0 aliphatic rings. The average Bonchev–Trinajstić information content (AvgIpc) is 2.57. The second kappa shape index (κ2) is 8.46. The number of nitrogens with zero attached hydrogens (tertiary/aromatic N) is 1. The third-order valence-electron chi connectivity index (χ3n) is 3.23. The zero-order valence-corrected chi connectivity index (χ0v) is 13.1. The van der Waals surface area contributed by atoms with E-state index in [1.807, 2.05) is 0 Å². The summed E-state index contributed by atoms with van der Waals surface area (Å²) in [5, 5.41) is 2.66. The molecule has 0 saturated carbocycles. The monoisotopic (exact) mass is 356 g/mol. The molecule has 2 rings (SSSR count). The molecule has 0 fully saturated rings. The maximum absolute atomic E-state index is 12.8. The number of carbonyl (C=O) groups is 1. The van der Waals surface area contributed by atoms with Crippen molar-refractivity contribution in [2.45, 2.75) is 25.6 Å². The number of rotatable bonds is 7. The molecule has 1 amide bonds. The van der Waals surface area contributed by atoms with Crippen LogP contribution in [0.2, 0.25) is 0 Å². The first-order valence-electron chi connectivity index (χ1n) is 7.47. The van der Waals surface area contributed by atoms with Gasteiger partial charge in [-0.1, -0.05) is 12.1 Å². The molecular weight excluding hydrogens is 340 g/mol. The molecule has 0 aliphatic carbocycles. The highest BCUT2D eigenvalue weighted by Crippen LogP contribution is 2.17. The van der Waals surface area contributed by atoms with Gasteiger partial charge >= 0.3 is 6.18 Å². The molecule has 1 aromatic carbocycles. The fraction of sp³-hybridized carbons (Fsp3) is 0.294. The number of hydrogen-bond acceptors (Lipinski definition) is 3. The van der Waals surface area contributed by atoms with Crippen LogP contribution < -0.4 is 10.1 Å². The smallest absolute Gasteiger partial charge is 0.422 e. The van der Waals surface area contributed by atoms with Crippen LogP contribution in [-0.4, -0.2) is 23.7 Å². The molecule has 0 bridgehead atoms. The molecule has 1 heterocycles. The van der Waals surface area contributed by atoms with Crippen LogP contribution in [0.1, 0.15) is 17.5 Å². The van der Waals surface area contributed by atoms with Gasteiger partial charge in [0.2, 0.25) is 11.8 Å². The van der Waals surface area contributed by atoms with Gasteiger partial charge in [0, 0.05) is 25.2 Å². The van der Waals surface area contributed by atoms with E-state index in [2.05, 4.69) is 15.0 Å². The largest absolute Gasteiger partial charge is 0.468 e. The molecule has 0 atom stereocenters. The Morgan fingerprint density at radius 3 is 2.52 bits per heavy atom. The van der Waals surface area contributed by atoms with Crippen LogP contribution in [-0.2, 0) is 17.8 Å². The summed E-state index contributed by atoms with van der Waals surface area (Å²) < 4.78 is 53.7. The zero-order chi connectivity index (χ0) is 18.3. The minimum absolute atomic E-state index is 0.146. The van der Waals surface area contributed by atoms with Gasteiger partial charge in [-0.25, -0.2) is 9.37 Å². The molecule has 4 nitrogen and oxygen atoms in total. The van der Waals surface area contributed by atoms with Gasteiger partial charge in [0.05, 0.1) is 0 Å². The van der Waals surface area contributed by atoms with Gasteiger partial charge in [-0.05, 0) is 35.7 Å². The quantitative estimate of drug-likeness (QED) is 0.774. The molecule has 1 N–H and O–H groups in total. The van der Waals surface area contributed by atoms with E-state index in [1.54, 1.807) is 18.2 Å². The molecule has 0 radical (unpaired) electrons. The number of ether oxygens (including phenoxy) is 1. The van der Waals surface area contributed by atoms with Crippen LogP contribution in [0.15, 0.2) is 42.6 Å². The zero-order valence-electron chi connectivity index (χ0n) is 13.1. The highest BCUT2D eigenvalue weighted by Gasteiger charge is 2.28. The topological polar surface area (TPSA) is 51.2 Å². The number of nitrogens with one attached hydrogen (secondary N) is 1. The first-order valence-corrected chi connectivity index (χ1v) is 7.47. The van der Waals surface area contributed by atoms with Crippen LogP contribution >= 0.6 is 0 Å². The molecular formula is C17H16F4N2O2. The number of hydrogen-bond donors (Lipinski definition) is 1. The van der Waals surface area contributed by atoms with E-state index in [4.69, 9.17) is 0 Å². The number of carbonyl (C=O) groups excluding carboxylic acids is 1. The van der Waals surface area contributed by atoms with Gasteiger partial charge in [-0.3, -0.25) is 4.79 Å². The number of pyridine rings is 1. The number of halogens is 4. The lowest BCUT2D eigenvalue weighted by Gasteiger charge is -2.10. The first-order chi connectivity index (χ1) is 11.8. The van der Waals surface area contributed by atoms with Crippen molar-refractivity contribution < 1.29 is 27.1 Å². The van der Waals surface area contributed by atoms with E-state index in [9.17, 15) is 22.4 Å². The summed E-state index contributed by atoms with van der Waals surface area (Å²) in [7, 11) is 0. The van der Waals surface area contributed by atoms with Crippen LogP contribution in [0.3, 0.4) is 0 Å². The van der Waals surface area contributed by atoms with E-state index < -0.39 is 12.8 Å². The average molecular weight is 356 g/mol. The number of alkyl halides is 3. The summed E-state index contributed by atoms with van der Waals surface area (Å²) in [4.78, 5) is 15.5. The SMILES string of the molecule is O=C(CCc1ccc(F)cc1)NCc1ccnc(OCC(F)(F)F)c1. The molecule has 2 aromatic rings. The van der Waals surface area contributed by atoms with Crippen LogP contribution in [0, 0.1) is 5.82 Å². The normalized spacial score (nSPS) is 11.2. The standard InChI is InChI=1S/C17H16F4N2O2/c18-14-4-1-12(2-5-14)3-6-15(24)23-10-13-7-8-22-16(9-13)25-11-17(19,20)21/h1-2,4-5,7-9H,3,6,10-11H2,(H,23,24). The van der Waals surface area contributed by atoms with E-state index in [0.717, 1.165) is 5.56 Å². The van der Waals surface area contributed by atoms with E-state index in [1.165, 1.54) is 24.4 Å². The summed E-state index contributed by atoms with van der Waals surface area (Å²) in [5.74, 6) is -0.719. The predicted octanol–water partition coefficient (Wildman–Crippen LogP) is 3.41. The Bertz CT molecular complexity index is 703. The molecule has 0 aliphatic heterocycles. The maximum atomic E-state index is 12.8. The number of benzene rings is 1. The Morgan fingerprint density at radius 1 is 1.12 bits per heavy atom. The van der Waals surface area contributed by atoms with Crippen molar-refractivity contribution in [1.82, 2.24) is 10.3 Å². The van der Waals surface area contributed by atoms with Gasteiger partial charge < -0.3 is 10.1 Å². The van der Waals surface area contributed by atoms with Crippen LogP contribution in [0.25, 0.3) is 0 Å². The summed E-state index contributed by atoms with van der Waals surface area (Å²) in [5.41, 5.74) is 1.41. The van der Waals surface area contributed by atoms with Crippen molar-refractivity contribution in [1.29, 1.82) is 0 Å². The van der Waals surface area contributed by atoms with Crippen molar-refractivity contribution >= 4 is 5.91 Å². The Morgan fingerprint density at radius 2 is 1.84 bits per heavy atom. The molecule has 1 aromatic heterocycles. The molecule has 134 valence electrons. The Kier molecular flexibility index (Phi) is 6.32. The second-order valence-corrected chi connectivity index (χ2v) is 5.31. The fourth-order valence-corrected chi connectivity index (χ4v) is 1.99. The molecule has 8 heteroatoms. The Labute approximate surface area is 141 Å². The third-order valence-corrected chi connectivity index (χ3v) is 3.23. The lowest BCUT2D eigenvalue weighted by molar-refractivity contribution is -0.154. The number of amides is 1. The summed E-state index contributed by atoms with van der Waals surface area (Å²) in [6.07, 6.45) is -2.45.